The molecule has 1 saturated heterocycles. The number of hydrogen-bond donors (Lipinski definition) is 6. The van der Waals surface area contributed by atoms with Gasteiger partial charge in [-0.1, -0.05) is 26.0 Å². The van der Waals surface area contributed by atoms with Crippen molar-refractivity contribution < 1.29 is 19.7 Å². The molecular weight excluding hydrogens is 452 g/mol. The molecule has 1 amide bonds. The molecule has 1 aromatic carbocycles. The zero-order valence-corrected chi connectivity index (χ0v) is 20.4. The van der Waals surface area contributed by atoms with E-state index >= 15 is 0 Å². The number of rotatable bonds is 4. The van der Waals surface area contributed by atoms with Crippen LogP contribution in [-0.4, -0.2) is 101 Å². The maximum Gasteiger partial charge on any atom is 0.255 e. The number of aliphatic hydroxyl groups is 2. The Morgan fingerprint density at radius 1 is 1.31 bits per heavy atom. The molecule has 0 aliphatic carbocycles. The summed E-state index contributed by atoms with van der Waals surface area (Å²) in [7, 11) is 3.76. The van der Waals surface area contributed by atoms with Gasteiger partial charge >= 0.3 is 0 Å². The molecule has 0 saturated carbocycles. The van der Waals surface area contributed by atoms with Crippen LogP contribution in [0.15, 0.2) is 28.2 Å². The van der Waals surface area contributed by atoms with Gasteiger partial charge in [0.15, 0.2) is 17.6 Å². The smallest absolute Gasteiger partial charge is 0.255 e. The second-order valence-electron chi connectivity index (χ2n) is 10.7. The van der Waals surface area contributed by atoms with Gasteiger partial charge in [0.25, 0.3) is 5.91 Å². The first-order valence-corrected chi connectivity index (χ1v) is 11.8. The summed E-state index contributed by atoms with van der Waals surface area (Å²) in [6, 6.07) is 3.11. The highest BCUT2D eigenvalue weighted by atomic mass is 16.5. The van der Waals surface area contributed by atoms with E-state index in [2.05, 4.69) is 34.5 Å². The third kappa shape index (κ3) is 3.34. The van der Waals surface area contributed by atoms with Crippen molar-refractivity contribution in [3.05, 3.63) is 29.3 Å². The van der Waals surface area contributed by atoms with Crippen molar-refractivity contribution in [3.63, 3.8) is 0 Å². The number of likely N-dealkylation sites (N-methyl/N-ethyl adjacent to an activating group) is 1. The van der Waals surface area contributed by atoms with E-state index in [0.717, 1.165) is 12.0 Å². The maximum atomic E-state index is 13.4. The Morgan fingerprint density at radius 2 is 2.06 bits per heavy atom. The summed E-state index contributed by atoms with van der Waals surface area (Å²) in [5, 5.41) is 28.9. The van der Waals surface area contributed by atoms with Crippen molar-refractivity contribution in [2.24, 2.45) is 21.5 Å². The molecule has 35 heavy (non-hydrogen) atoms. The number of benzene rings is 1. The summed E-state index contributed by atoms with van der Waals surface area (Å²) >= 11 is 0. The first kappa shape index (κ1) is 23.6. The van der Waals surface area contributed by atoms with E-state index in [-0.39, 0.29) is 23.9 Å². The predicted octanol–water partition coefficient (Wildman–Crippen LogP) is -1.92. The molecular formula is C23H34N8O4. The summed E-state index contributed by atoms with van der Waals surface area (Å²) in [5.74, 6) is -2.25. The minimum Gasteiger partial charge on any atom is -0.492 e. The average molecular weight is 487 g/mol. The SMILES string of the molecule is CN(C)C[C@@H]1N=C(N)N2C[C@H](NC(=O)c3cccc4c3OCCC4(C)C)C(O)(O)[C@@]23NC(N)=N[C@@H]13. The Kier molecular flexibility index (Phi) is 5.20. The fraction of sp³-hybridized carbons (Fsp3) is 0.609. The lowest BCUT2D eigenvalue weighted by molar-refractivity contribution is -0.230. The second kappa shape index (κ2) is 7.70. The number of guanidine groups is 2. The van der Waals surface area contributed by atoms with Crippen LogP contribution in [0.2, 0.25) is 0 Å². The molecule has 0 radical (unpaired) electrons. The van der Waals surface area contributed by atoms with Crippen LogP contribution < -0.4 is 26.8 Å². The molecule has 4 aliphatic rings. The third-order valence-corrected chi connectivity index (χ3v) is 7.62. The van der Waals surface area contributed by atoms with Gasteiger partial charge in [-0.15, -0.1) is 0 Å². The Bertz CT molecular complexity index is 1120. The molecule has 0 aromatic heterocycles. The summed E-state index contributed by atoms with van der Waals surface area (Å²) in [6.07, 6.45) is 0.836. The highest BCUT2D eigenvalue weighted by Gasteiger charge is 2.73. The van der Waals surface area contributed by atoms with E-state index in [0.29, 0.717) is 24.5 Å². The van der Waals surface area contributed by atoms with Crippen LogP contribution in [-0.2, 0) is 5.41 Å². The number of para-hydroxylation sites is 1. The normalized spacial score (nSPS) is 32.0. The van der Waals surface area contributed by atoms with Gasteiger partial charge in [-0.25, -0.2) is 9.98 Å². The lowest BCUT2D eigenvalue weighted by Gasteiger charge is -2.49. The number of fused-ring (bicyclic) bond motifs is 1. The average Bonchev–Trinajstić information content (AvgIpc) is 3.23. The van der Waals surface area contributed by atoms with Crippen molar-refractivity contribution >= 4 is 17.8 Å². The lowest BCUT2D eigenvalue weighted by Crippen LogP contribution is -2.78. The quantitative estimate of drug-likeness (QED) is 0.265. The molecule has 4 heterocycles. The van der Waals surface area contributed by atoms with Crippen LogP contribution in [0, 0.1) is 0 Å². The minimum absolute atomic E-state index is 0.00354. The maximum absolute atomic E-state index is 13.4. The Morgan fingerprint density at radius 3 is 2.77 bits per heavy atom. The molecule has 12 nitrogen and oxygen atoms in total. The van der Waals surface area contributed by atoms with Gasteiger partial charge < -0.3 is 46.9 Å². The largest absolute Gasteiger partial charge is 0.492 e. The number of aliphatic imine (C=N–C) groups is 2. The van der Waals surface area contributed by atoms with E-state index in [1.165, 1.54) is 4.90 Å². The number of carbonyl (C=O) groups is 1. The Balaban J connectivity index is 1.48. The fourth-order valence-corrected chi connectivity index (χ4v) is 5.79. The number of amides is 1. The zero-order chi connectivity index (χ0) is 25.3. The number of ether oxygens (including phenoxy) is 1. The first-order chi connectivity index (χ1) is 16.4. The van der Waals surface area contributed by atoms with Crippen molar-refractivity contribution in [1.82, 2.24) is 20.4 Å². The van der Waals surface area contributed by atoms with E-state index in [1.807, 2.05) is 31.1 Å². The van der Waals surface area contributed by atoms with Crippen molar-refractivity contribution in [3.8, 4) is 5.75 Å². The molecule has 12 heteroatoms. The van der Waals surface area contributed by atoms with Crippen LogP contribution in [0.5, 0.6) is 5.75 Å². The highest BCUT2D eigenvalue weighted by molar-refractivity contribution is 5.98. The minimum atomic E-state index is -2.47. The van der Waals surface area contributed by atoms with Crippen LogP contribution >= 0.6 is 0 Å². The van der Waals surface area contributed by atoms with E-state index in [1.54, 1.807) is 6.07 Å². The molecule has 190 valence electrons. The third-order valence-electron chi connectivity index (χ3n) is 7.62. The Hall–Kier alpha value is -3.09. The van der Waals surface area contributed by atoms with Crippen LogP contribution in [0.3, 0.4) is 0 Å². The molecule has 1 fully saturated rings. The number of nitrogens with one attached hydrogen (secondary N) is 2. The highest BCUT2D eigenvalue weighted by Crippen LogP contribution is 2.45. The van der Waals surface area contributed by atoms with E-state index < -0.39 is 35.5 Å². The standard InChI is InChI=1S/C23H34N8O4/c1-21(2)8-9-35-16-12(6-5-7-13(16)21)18(32)27-15-11-31-20(25)26-14(10-30(3)4)17-22(31,23(15,33)34)29-19(24)28-17/h5-7,14-15,17,33-34H,8-11H2,1-4H3,(H2,25,26)(H,27,32)(H3,24,28,29)/t14-,15-,17-,22-/m0/s1. The number of carbonyl (C=O) groups excluding carboxylic acids is 1. The van der Waals surface area contributed by atoms with E-state index in [4.69, 9.17) is 16.2 Å². The van der Waals surface area contributed by atoms with Gasteiger partial charge in [0.05, 0.1) is 18.2 Å². The molecule has 4 atom stereocenters. The predicted molar refractivity (Wildman–Crippen MR) is 130 cm³/mol. The van der Waals surface area contributed by atoms with Crippen molar-refractivity contribution in [2.75, 3.05) is 33.8 Å². The van der Waals surface area contributed by atoms with Crippen LogP contribution in [0.4, 0.5) is 0 Å². The number of nitrogens with two attached hydrogens (primary N) is 2. The summed E-state index contributed by atoms with van der Waals surface area (Å²) in [4.78, 5) is 25.9. The monoisotopic (exact) mass is 486 g/mol. The van der Waals surface area contributed by atoms with Gasteiger partial charge in [0.2, 0.25) is 5.79 Å². The van der Waals surface area contributed by atoms with Gasteiger partial charge in [-0.05, 0) is 32.0 Å². The summed E-state index contributed by atoms with van der Waals surface area (Å²) < 4.78 is 5.89. The molecule has 0 unspecified atom stereocenters. The summed E-state index contributed by atoms with van der Waals surface area (Å²) in [5.41, 5.74) is 11.9. The molecule has 1 spiro atoms. The molecule has 1 aromatic rings. The van der Waals surface area contributed by atoms with Gasteiger partial charge in [-0.3, -0.25) is 4.79 Å². The van der Waals surface area contributed by atoms with Gasteiger partial charge in [0, 0.05) is 18.7 Å². The molecule has 0 bridgehead atoms. The lowest BCUT2D eigenvalue weighted by atomic mass is 9.79. The van der Waals surface area contributed by atoms with Gasteiger partial charge in [-0.2, -0.15) is 0 Å². The van der Waals surface area contributed by atoms with Crippen LogP contribution in [0.25, 0.3) is 0 Å². The van der Waals surface area contributed by atoms with E-state index in [9.17, 15) is 15.0 Å². The Labute approximate surface area is 204 Å². The van der Waals surface area contributed by atoms with Crippen molar-refractivity contribution in [2.45, 2.75) is 55.3 Å². The second-order valence-corrected chi connectivity index (χ2v) is 10.7. The first-order valence-electron chi connectivity index (χ1n) is 11.8. The number of hydrogen-bond acceptors (Lipinski definition) is 11. The summed E-state index contributed by atoms with van der Waals surface area (Å²) in [6.45, 7) is 5.18. The molecule has 4 aliphatic heterocycles. The van der Waals surface area contributed by atoms with Crippen LogP contribution in [0.1, 0.15) is 36.2 Å². The topological polar surface area (TPSA) is 174 Å². The van der Waals surface area contributed by atoms with Gasteiger partial charge in [0.1, 0.15) is 17.8 Å². The fourth-order valence-electron chi connectivity index (χ4n) is 5.79. The molecule has 8 N–H and O–H groups in total. The zero-order valence-electron chi connectivity index (χ0n) is 20.4. The van der Waals surface area contributed by atoms with Crippen molar-refractivity contribution in [1.29, 1.82) is 0 Å². The molecule has 5 rings (SSSR count). The number of nitrogens with zero attached hydrogens (tertiary/aromatic N) is 4.